The first kappa shape index (κ1) is 17.2. The predicted octanol–water partition coefficient (Wildman–Crippen LogP) is 0.458. The fourth-order valence-corrected chi connectivity index (χ4v) is 2.10. The number of morpholine rings is 1. The zero-order valence-electron chi connectivity index (χ0n) is 13.3. The number of anilines is 1. The number of nitrogens with zero attached hydrogens (tertiary/aromatic N) is 1. The second-order valence-electron chi connectivity index (χ2n) is 5.40. The minimum Gasteiger partial charge on any atom is -0.482 e. The van der Waals surface area contributed by atoms with Crippen LogP contribution in [0.25, 0.3) is 0 Å². The van der Waals surface area contributed by atoms with Crippen LogP contribution < -0.4 is 15.8 Å². The molecule has 2 rings (SSSR count). The van der Waals surface area contributed by atoms with E-state index in [1.807, 2.05) is 0 Å². The number of carbonyl (C=O) groups is 2. The third-order valence-electron chi connectivity index (χ3n) is 3.66. The quantitative estimate of drug-likeness (QED) is 0.794. The molecular formula is C16H23N3O4. The Bertz CT molecular complexity index is 544. The Morgan fingerprint density at radius 3 is 2.74 bits per heavy atom. The van der Waals surface area contributed by atoms with Gasteiger partial charge in [0.1, 0.15) is 5.75 Å². The highest BCUT2D eigenvalue weighted by Gasteiger charge is 2.18. The molecule has 1 aliphatic heterocycles. The van der Waals surface area contributed by atoms with Crippen LogP contribution in [-0.4, -0.2) is 56.2 Å². The number of ether oxygens (including phenoxy) is 2. The van der Waals surface area contributed by atoms with Gasteiger partial charge in [-0.25, -0.2) is 0 Å². The predicted molar refractivity (Wildman–Crippen MR) is 86.2 cm³/mol. The number of rotatable bonds is 6. The maximum Gasteiger partial charge on any atom is 0.260 e. The van der Waals surface area contributed by atoms with E-state index in [0.29, 0.717) is 37.7 Å². The number of amides is 2. The van der Waals surface area contributed by atoms with Crippen molar-refractivity contribution in [2.45, 2.75) is 6.92 Å². The number of carbonyl (C=O) groups excluding carboxylic acids is 2. The van der Waals surface area contributed by atoms with E-state index < -0.39 is 0 Å². The first-order valence-electron chi connectivity index (χ1n) is 7.70. The molecule has 1 aliphatic rings. The van der Waals surface area contributed by atoms with Gasteiger partial charge in [0.2, 0.25) is 5.91 Å². The van der Waals surface area contributed by atoms with Crippen LogP contribution in [0.5, 0.6) is 5.75 Å². The number of para-hydroxylation sites is 2. The lowest BCUT2D eigenvalue weighted by molar-refractivity contribution is -0.137. The molecule has 1 fully saturated rings. The molecule has 1 saturated heterocycles. The summed E-state index contributed by atoms with van der Waals surface area (Å²) >= 11 is 0. The third-order valence-corrected chi connectivity index (χ3v) is 3.66. The van der Waals surface area contributed by atoms with Gasteiger partial charge >= 0.3 is 0 Å². The van der Waals surface area contributed by atoms with Crippen LogP contribution in [0.15, 0.2) is 24.3 Å². The fraction of sp³-hybridized carbons (Fsp3) is 0.500. The molecule has 0 radical (unpaired) electrons. The molecule has 1 unspecified atom stereocenters. The summed E-state index contributed by atoms with van der Waals surface area (Å²) in [4.78, 5) is 25.8. The van der Waals surface area contributed by atoms with Crippen LogP contribution in [0, 0.1) is 5.92 Å². The van der Waals surface area contributed by atoms with Gasteiger partial charge in [-0.1, -0.05) is 19.1 Å². The first-order valence-corrected chi connectivity index (χ1v) is 7.70. The molecule has 0 spiro atoms. The van der Waals surface area contributed by atoms with Crippen molar-refractivity contribution in [3.63, 3.8) is 0 Å². The molecule has 2 amide bonds. The molecule has 0 aromatic heterocycles. The summed E-state index contributed by atoms with van der Waals surface area (Å²) in [5.74, 6) is -0.0995. The molecule has 1 atom stereocenters. The lowest BCUT2D eigenvalue weighted by atomic mass is 10.1. The van der Waals surface area contributed by atoms with Gasteiger partial charge in [-0.05, 0) is 12.1 Å². The average Bonchev–Trinajstić information content (AvgIpc) is 2.60. The summed E-state index contributed by atoms with van der Waals surface area (Å²) in [6, 6.07) is 7.03. The molecule has 1 aromatic rings. The maximum atomic E-state index is 12.1. The highest BCUT2D eigenvalue weighted by Crippen LogP contribution is 2.24. The second kappa shape index (κ2) is 8.50. The number of hydrogen-bond donors (Lipinski definition) is 2. The lowest BCUT2D eigenvalue weighted by Crippen LogP contribution is -2.43. The van der Waals surface area contributed by atoms with Crippen molar-refractivity contribution in [2.75, 3.05) is 44.8 Å². The maximum absolute atomic E-state index is 12.1. The van der Waals surface area contributed by atoms with Crippen molar-refractivity contribution in [3.05, 3.63) is 24.3 Å². The molecule has 1 heterocycles. The molecule has 23 heavy (non-hydrogen) atoms. The van der Waals surface area contributed by atoms with Gasteiger partial charge in [-0.15, -0.1) is 0 Å². The van der Waals surface area contributed by atoms with Gasteiger partial charge in [0, 0.05) is 25.6 Å². The third kappa shape index (κ3) is 4.94. The highest BCUT2D eigenvalue weighted by atomic mass is 16.5. The molecule has 126 valence electrons. The minimum atomic E-state index is -0.293. The van der Waals surface area contributed by atoms with E-state index in [-0.39, 0.29) is 30.9 Å². The summed E-state index contributed by atoms with van der Waals surface area (Å²) in [6.07, 6.45) is 0. The molecule has 1 aromatic carbocycles. The number of hydrogen-bond acceptors (Lipinski definition) is 5. The number of nitrogens with two attached hydrogens (primary N) is 1. The first-order chi connectivity index (χ1) is 11.1. The van der Waals surface area contributed by atoms with E-state index in [4.69, 9.17) is 15.2 Å². The van der Waals surface area contributed by atoms with Crippen molar-refractivity contribution in [2.24, 2.45) is 11.7 Å². The SMILES string of the molecule is CC(CN)C(=O)Nc1ccccc1OCC(=O)N1CCOCC1. The van der Waals surface area contributed by atoms with E-state index in [9.17, 15) is 9.59 Å². The zero-order valence-corrected chi connectivity index (χ0v) is 13.3. The Labute approximate surface area is 135 Å². The summed E-state index contributed by atoms with van der Waals surface area (Å²) in [6.45, 7) is 4.21. The molecule has 7 nitrogen and oxygen atoms in total. The Morgan fingerprint density at radius 1 is 1.35 bits per heavy atom. The Balaban J connectivity index is 1.94. The summed E-state index contributed by atoms with van der Waals surface area (Å²) in [5.41, 5.74) is 6.03. The number of benzene rings is 1. The van der Waals surface area contributed by atoms with Crippen molar-refractivity contribution in [3.8, 4) is 5.75 Å². The van der Waals surface area contributed by atoms with E-state index in [2.05, 4.69) is 5.32 Å². The zero-order chi connectivity index (χ0) is 16.7. The van der Waals surface area contributed by atoms with Gasteiger partial charge in [-0.2, -0.15) is 0 Å². The van der Waals surface area contributed by atoms with Crippen LogP contribution >= 0.6 is 0 Å². The second-order valence-corrected chi connectivity index (χ2v) is 5.40. The summed E-state index contributed by atoms with van der Waals surface area (Å²) in [7, 11) is 0. The molecular weight excluding hydrogens is 298 g/mol. The van der Waals surface area contributed by atoms with E-state index in [1.54, 1.807) is 36.1 Å². The van der Waals surface area contributed by atoms with Crippen molar-refractivity contribution >= 4 is 17.5 Å². The van der Waals surface area contributed by atoms with Gasteiger partial charge in [0.15, 0.2) is 6.61 Å². The van der Waals surface area contributed by atoms with Crippen LogP contribution in [0.2, 0.25) is 0 Å². The summed E-state index contributed by atoms with van der Waals surface area (Å²) in [5, 5.41) is 2.78. The van der Waals surface area contributed by atoms with Crippen LogP contribution in [0.4, 0.5) is 5.69 Å². The van der Waals surface area contributed by atoms with Gasteiger partial charge < -0.3 is 25.4 Å². The fourth-order valence-electron chi connectivity index (χ4n) is 2.10. The lowest BCUT2D eigenvalue weighted by Gasteiger charge is -2.26. The van der Waals surface area contributed by atoms with E-state index >= 15 is 0 Å². The average molecular weight is 321 g/mol. The van der Waals surface area contributed by atoms with Crippen molar-refractivity contribution < 1.29 is 19.1 Å². The Morgan fingerprint density at radius 2 is 2.04 bits per heavy atom. The van der Waals surface area contributed by atoms with Gasteiger partial charge in [-0.3, -0.25) is 9.59 Å². The monoisotopic (exact) mass is 321 g/mol. The van der Waals surface area contributed by atoms with Gasteiger partial charge in [0.05, 0.1) is 18.9 Å². The molecule has 7 heteroatoms. The minimum absolute atomic E-state index is 0.0701. The van der Waals surface area contributed by atoms with Crippen LogP contribution in [-0.2, 0) is 14.3 Å². The van der Waals surface area contributed by atoms with Gasteiger partial charge in [0.25, 0.3) is 5.91 Å². The highest BCUT2D eigenvalue weighted by molar-refractivity contribution is 5.94. The molecule has 0 bridgehead atoms. The van der Waals surface area contributed by atoms with E-state index in [0.717, 1.165) is 0 Å². The topological polar surface area (TPSA) is 93.9 Å². The Kier molecular flexibility index (Phi) is 6.37. The molecule has 3 N–H and O–H groups in total. The van der Waals surface area contributed by atoms with Crippen molar-refractivity contribution in [1.29, 1.82) is 0 Å². The van der Waals surface area contributed by atoms with Crippen molar-refractivity contribution in [1.82, 2.24) is 4.90 Å². The smallest absolute Gasteiger partial charge is 0.260 e. The largest absolute Gasteiger partial charge is 0.482 e. The normalized spacial score (nSPS) is 15.8. The molecule has 0 saturated carbocycles. The standard InChI is InChI=1S/C16H23N3O4/c1-12(10-17)16(21)18-13-4-2-3-5-14(13)23-11-15(20)19-6-8-22-9-7-19/h2-5,12H,6-11,17H2,1H3,(H,18,21). The molecule has 0 aliphatic carbocycles. The van der Waals surface area contributed by atoms with E-state index in [1.165, 1.54) is 0 Å². The van der Waals surface area contributed by atoms with Crippen LogP contribution in [0.3, 0.4) is 0 Å². The van der Waals surface area contributed by atoms with Crippen LogP contribution in [0.1, 0.15) is 6.92 Å². The Hall–Kier alpha value is -2.12. The number of nitrogens with one attached hydrogen (secondary N) is 1. The summed E-state index contributed by atoms with van der Waals surface area (Å²) < 4.78 is 10.8.